The molecule has 0 rings (SSSR count). The van der Waals surface area contributed by atoms with Crippen molar-refractivity contribution in [1.29, 1.82) is 0 Å². The highest BCUT2D eigenvalue weighted by molar-refractivity contribution is 5.80. The van der Waals surface area contributed by atoms with Crippen molar-refractivity contribution < 1.29 is 14.7 Å². The van der Waals surface area contributed by atoms with Crippen molar-refractivity contribution in [2.45, 2.75) is 6.17 Å². The summed E-state index contributed by atoms with van der Waals surface area (Å²) in [6.45, 7) is 0. The van der Waals surface area contributed by atoms with Gasteiger partial charge in [-0.15, -0.1) is 0 Å². The Balaban J connectivity index is 3.63. The fourth-order valence-electron chi connectivity index (χ4n) is 0.215. The SMILES string of the molecule is NC(=O)NC(N)C(=O)O. The second-order valence-electron chi connectivity index (χ2n) is 1.32. The summed E-state index contributed by atoms with van der Waals surface area (Å²) in [6.07, 6.45) is -1.41. The smallest absolute Gasteiger partial charge is 0.341 e. The van der Waals surface area contributed by atoms with Crippen LogP contribution in [0, 0.1) is 0 Å². The lowest BCUT2D eigenvalue weighted by Crippen LogP contribution is -2.49. The summed E-state index contributed by atoms with van der Waals surface area (Å²) in [4.78, 5) is 19.7. The lowest BCUT2D eigenvalue weighted by atomic mass is 10.5. The Labute approximate surface area is 50.8 Å². The molecule has 1 atom stereocenters. The first-order valence-corrected chi connectivity index (χ1v) is 2.08. The molecule has 0 aliphatic carbocycles. The molecule has 0 radical (unpaired) electrons. The van der Waals surface area contributed by atoms with Crippen molar-refractivity contribution in [3.8, 4) is 0 Å². The Bertz CT molecular complexity index is 134. The third kappa shape index (κ3) is 3.30. The number of amides is 2. The number of carboxylic acids is 1. The Hall–Kier alpha value is -1.30. The van der Waals surface area contributed by atoms with Crippen LogP contribution in [0.2, 0.25) is 0 Å². The number of carboxylic acid groups (broad SMARTS) is 1. The van der Waals surface area contributed by atoms with Crippen molar-refractivity contribution in [2.24, 2.45) is 11.5 Å². The number of urea groups is 1. The number of carbonyl (C=O) groups is 2. The average molecular weight is 133 g/mol. The Morgan fingerprint density at radius 1 is 1.56 bits per heavy atom. The highest BCUT2D eigenvalue weighted by atomic mass is 16.4. The lowest BCUT2D eigenvalue weighted by molar-refractivity contribution is -0.139. The molecule has 6 heteroatoms. The van der Waals surface area contributed by atoms with Crippen LogP contribution in [0.1, 0.15) is 0 Å². The van der Waals surface area contributed by atoms with Gasteiger partial charge in [-0.2, -0.15) is 0 Å². The lowest BCUT2D eigenvalue weighted by Gasteiger charge is -2.04. The van der Waals surface area contributed by atoms with Crippen molar-refractivity contribution in [3.63, 3.8) is 0 Å². The fourth-order valence-corrected chi connectivity index (χ4v) is 0.215. The van der Waals surface area contributed by atoms with Gasteiger partial charge in [0.1, 0.15) is 0 Å². The number of primary amides is 1. The molecule has 0 aromatic heterocycles. The summed E-state index contributed by atoms with van der Waals surface area (Å²) >= 11 is 0. The van der Waals surface area contributed by atoms with E-state index in [1.165, 1.54) is 0 Å². The van der Waals surface area contributed by atoms with Gasteiger partial charge in [-0.25, -0.2) is 9.59 Å². The zero-order chi connectivity index (χ0) is 7.44. The van der Waals surface area contributed by atoms with E-state index in [-0.39, 0.29) is 0 Å². The van der Waals surface area contributed by atoms with E-state index in [4.69, 9.17) is 10.8 Å². The number of nitrogens with two attached hydrogens (primary N) is 2. The van der Waals surface area contributed by atoms with Gasteiger partial charge in [0.2, 0.25) is 0 Å². The minimum absolute atomic E-state index is 0.954. The summed E-state index contributed by atoms with van der Waals surface area (Å²) in [5.41, 5.74) is 9.34. The second-order valence-corrected chi connectivity index (χ2v) is 1.32. The molecular weight excluding hydrogens is 126 g/mol. The highest BCUT2D eigenvalue weighted by Gasteiger charge is 2.10. The van der Waals surface area contributed by atoms with Crippen LogP contribution in [0.15, 0.2) is 0 Å². The van der Waals surface area contributed by atoms with Crippen LogP contribution in [0.3, 0.4) is 0 Å². The second kappa shape index (κ2) is 2.88. The molecule has 0 bridgehead atoms. The van der Waals surface area contributed by atoms with E-state index in [0.29, 0.717) is 0 Å². The molecule has 0 aliphatic rings. The molecule has 6 N–H and O–H groups in total. The van der Waals surface area contributed by atoms with Crippen LogP contribution in [0.4, 0.5) is 4.79 Å². The predicted octanol–water partition coefficient (Wildman–Crippen LogP) is -1.98. The zero-order valence-electron chi connectivity index (χ0n) is 4.50. The number of hydrogen-bond acceptors (Lipinski definition) is 3. The molecule has 2 amide bonds. The van der Waals surface area contributed by atoms with Crippen LogP contribution >= 0.6 is 0 Å². The van der Waals surface area contributed by atoms with Crippen LogP contribution in [-0.2, 0) is 4.79 Å². The number of carbonyl (C=O) groups excluding carboxylic acids is 1. The maximum absolute atomic E-state index is 9.88. The van der Waals surface area contributed by atoms with Gasteiger partial charge in [0.15, 0.2) is 6.17 Å². The molecule has 0 heterocycles. The third-order valence-electron chi connectivity index (χ3n) is 0.564. The molecule has 0 aromatic rings. The average Bonchev–Trinajstić information content (AvgIpc) is 1.63. The molecule has 1 unspecified atom stereocenters. The normalized spacial score (nSPS) is 12.1. The molecule has 0 saturated carbocycles. The molecule has 0 spiro atoms. The molecule has 0 aliphatic heterocycles. The standard InChI is InChI=1S/C3H7N3O3/c4-1(2(7)8)6-3(5)9/h1H,4H2,(H,7,8)(H3,5,6,9). The van der Waals surface area contributed by atoms with Gasteiger partial charge < -0.3 is 21.9 Å². The summed E-state index contributed by atoms with van der Waals surface area (Å²) in [6, 6.07) is -0.954. The first-order valence-electron chi connectivity index (χ1n) is 2.08. The minimum atomic E-state index is -1.41. The van der Waals surface area contributed by atoms with E-state index in [1.54, 1.807) is 5.32 Å². The first-order chi connectivity index (χ1) is 4.04. The highest BCUT2D eigenvalue weighted by Crippen LogP contribution is 1.68. The van der Waals surface area contributed by atoms with Crippen LogP contribution in [0.25, 0.3) is 0 Å². The summed E-state index contributed by atoms with van der Waals surface area (Å²) in [5, 5.41) is 9.79. The zero-order valence-corrected chi connectivity index (χ0v) is 4.50. The predicted molar refractivity (Wildman–Crippen MR) is 28.3 cm³/mol. The van der Waals surface area contributed by atoms with E-state index in [0.717, 1.165) is 0 Å². The molecule has 0 fully saturated rings. The topological polar surface area (TPSA) is 118 Å². The van der Waals surface area contributed by atoms with Crippen molar-refractivity contribution >= 4 is 12.0 Å². The van der Waals surface area contributed by atoms with Gasteiger partial charge in [0.25, 0.3) is 0 Å². The molecule has 0 aromatic carbocycles. The van der Waals surface area contributed by atoms with Gasteiger partial charge in [0, 0.05) is 0 Å². The van der Waals surface area contributed by atoms with Gasteiger partial charge in [-0.05, 0) is 0 Å². The number of aliphatic carboxylic acids is 1. The summed E-state index contributed by atoms with van der Waals surface area (Å²) in [7, 11) is 0. The van der Waals surface area contributed by atoms with Gasteiger partial charge in [-0.3, -0.25) is 0 Å². The molecule has 52 valence electrons. The Kier molecular flexibility index (Phi) is 2.46. The summed E-state index contributed by atoms with van der Waals surface area (Å²) < 4.78 is 0. The maximum Gasteiger partial charge on any atom is 0.341 e. The van der Waals surface area contributed by atoms with Crippen LogP contribution < -0.4 is 16.8 Å². The van der Waals surface area contributed by atoms with Gasteiger partial charge >= 0.3 is 12.0 Å². The van der Waals surface area contributed by atoms with Crippen molar-refractivity contribution in [3.05, 3.63) is 0 Å². The number of nitrogens with one attached hydrogen (secondary N) is 1. The fraction of sp³-hybridized carbons (Fsp3) is 0.333. The largest absolute Gasteiger partial charge is 0.479 e. The Morgan fingerprint density at radius 2 is 2.00 bits per heavy atom. The number of hydrogen-bond donors (Lipinski definition) is 4. The van der Waals surface area contributed by atoms with Crippen LogP contribution in [0.5, 0.6) is 0 Å². The quantitative estimate of drug-likeness (QED) is 0.326. The minimum Gasteiger partial charge on any atom is -0.479 e. The van der Waals surface area contributed by atoms with E-state index in [2.05, 4.69) is 5.73 Å². The molecule has 0 saturated heterocycles. The molecular formula is C3H7N3O3. The van der Waals surface area contributed by atoms with E-state index in [9.17, 15) is 9.59 Å². The van der Waals surface area contributed by atoms with Gasteiger partial charge in [0.05, 0.1) is 0 Å². The van der Waals surface area contributed by atoms with Crippen molar-refractivity contribution in [1.82, 2.24) is 5.32 Å². The van der Waals surface area contributed by atoms with Gasteiger partial charge in [-0.1, -0.05) is 0 Å². The number of rotatable bonds is 2. The third-order valence-corrected chi connectivity index (χ3v) is 0.564. The van der Waals surface area contributed by atoms with Crippen LogP contribution in [-0.4, -0.2) is 23.3 Å². The van der Waals surface area contributed by atoms with E-state index >= 15 is 0 Å². The monoisotopic (exact) mass is 133 g/mol. The molecule has 9 heavy (non-hydrogen) atoms. The molecule has 6 nitrogen and oxygen atoms in total. The first kappa shape index (κ1) is 7.70. The maximum atomic E-state index is 9.88. The van der Waals surface area contributed by atoms with E-state index < -0.39 is 18.2 Å². The summed E-state index contributed by atoms with van der Waals surface area (Å²) in [5.74, 6) is -1.33. The van der Waals surface area contributed by atoms with Crippen molar-refractivity contribution in [2.75, 3.05) is 0 Å². The Morgan fingerprint density at radius 3 is 2.11 bits per heavy atom. The van der Waals surface area contributed by atoms with E-state index in [1.807, 2.05) is 0 Å².